The molecular weight excluding hydrogens is 372 g/mol. The number of aliphatic hydroxyl groups excluding tert-OH is 1. The van der Waals surface area contributed by atoms with Gasteiger partial charge in [0.25, 0.3) is 0 Å². The lowest BCUT2D eigenvalue weighted by atomic mass is 9.37. The molecule has 1 unspecified atom stereocenters. The Labute approximate surface area is 182 Å². The average molecular weight is 413 g/mol. The Morgan fingerprint density at radius 1 is 0.967 bits per heavy atom. The number of fused-ring (bicyclic) bond motifs is 5. The molecule has 1 heterocycles. The van der Waals surface area contributed by atoms with Crippen LogP contribution in [0.15, 0.2) is 12.1 Å². The van der Waals surface area contributed by atoms with Gasteiger partial charge in [-0.2, -0.15) is 0 Å². The fourth-order valence-corrected chi connectivity index (χ4v) is 9.11. The molecule has 30 heavy (non-hydrogen) atoms. The Hall–Kier alpha value is -1.22. The minimum Gasteiger partial charge on any atom is -0.508 e. The van der Waals surface area contributed by atoms with E-state index >= 15 is 0 Å². The fraction of sp³-hybridized carbons (Fsp3) is 0.778. The van der Waals surface area contributed by atoms with Crippen molar-refractivity contribution in [1.82, 2.24) is 0 Å². The van der Waals surface area contributed by atoms with E-state index in [1.807, 2.05) is 12.1 Å². The summed E-state index contributed by atoms with van der Waals surface area (Å²) in [5.41, 5.74) is 2.39. The molecule has 4 aliphatic rings. The Morgan fingerprint density at radius 3 is 2.43 bits per heavy atom. The first-order chi connectivity index (χ1) is 14.0. The topological polar surface area (TPSA) is 49.7 Å². The van der Waals surface area contributed by atoms with Crippen molar-refractivity contribution in [3.63, 3.8) is 0 Å². The van der Waals surface area contributed by atoms with Gasteiger partial charge in [-0.05, 0) is 91.7 Å². The van der Waals surface area contributed by atoms with Crippen molar-refractivity contribution in [3.05, 3.63) is 23.3 Å². The van der Waals surface area contributed by atoms with Crippen molar-refractivity contribution in [1.29, 1.82) is 0 Å². The minimum absolute atomic E-state index is 0.0214. The second kappa shape index (κ2) is 6.18. The standard InChI is InChI=1S/C27H40O3/c1-16-13-19(28)14-18-15-27(30-23(16)18)17(2)7-8-21-25(5)11-10-22(29)24(3,4)20(25)9-12-26(21,27)6/h13-14,17,20-22,28-29H,7-12,15H2,1-6H3/t17?,20-,21+,22-,25-,26+,27-/m0/s1. The summed E-state index contributed by atoms with van der Waals surface area (Å²) in [6, 6.07) is 3.78. The first kappa shape index (κ1) is 20.7. The second-order valence-electron chi connectivity index (χ2n) is 12.3. The van der Waals surface area contributed by atoms with Crippen LogP contribution >= 0.6 is 0 Å². The summed E-state index contributed by atoms with van der Waals surface area (Å²) in [5.74, 6) is 3.04. The summed E-state index contributed by atoms with van der Waals surface area (Å²) < 4.78 is 7.04. The van der Waals surface area contributed by atoms with Gasteiger partial charge in [0, 0.05) is 17.4 Å². The molecule has 1 aliphatic heterocycles. The molecule has 7 atom stereocenters. The first-order valence-corrected chi connectivity index (χ1v) is 12.2. The number of aryl methyl sites for hydroxylation is 1. The predicted molar refractivity (Wildman–Crippen MR) is 120 cm³/mol. The van der Waals surface area contributed by atoms with Crippen LogP contribution in [0.5, 0.6) is 11.5 Å². The van der Waals surface area contributed by atoms with E-state index in [1.54, 1.807) is 0 Å². The molecule has 3 heteroatoms. The summed E-state index contributed by atoms with van der Waals surface area (Å²) in [7, 11) is 0. The van der Waals surface area contributed by atoms with E-state index in [4.69, 9.17) is 4.74 Å². The Morgan fingerprint density at radius 2 is 1.70 bits per heavy atom. The molecule has 166 valence electrons. The highest BCUT2D eigenvalue weighted by Crippen LogP contribution is 2.71. The lowest BCUT2D eigenvalue weighted by Crippen LogP contribution is -2.68. The number of ether oxygens (including phenoxy) is 1. The minimum atomic E-state index is -0.189. The fourth-order valence-electron chi connectivity index (χ4n) is 9.11. The van der Waals surface area contributed by atoms with Crippen molar-refractivity contribution in [2.45, 2.75) is 98.2 Å². The van der Waals surface area contributed by atoms with Crippen LogP contribution in [-0.4, -0.2) is 21.9 Å². The van der Waals surface area contributed by atoms with Crippen LogP contribution in [-0.2, 0) is 6.42 Å². The summed E-state index contributed by atoms with van der Waals surface area (Å²) >= 11 is 0. The summed E-state index contributed by atoms with van der Waals surface area (Å²) in [6.45, 7) is 14.1. The quantitative estimate of drug-likeness (QED) is 0.547. The number of phenolic OH excluding ortho intramolecular Hbond substituents is 1. The normalized spacial score (nSPS) is 46.6. The molecule has 0 amide bonds. The highest BCUT2D eigenvalue weighted by Gasteiger charge is 2.69. The molecule has 3 fully saturated rings. The van der Waals surface area contributed by atoms with Crippen molar-refractivity contribution in [3.8, 4) is 11.5 Å². The maximum atomic E-state index is 10.8. The molecule has 1 aromatic rings. The van der Waals surface area contributed by atoms with E-state index in [0.717, 1.165) is 37.0 Å². The molecule has 0 radical (unpaired) electrons. The zero-order valence-corrected chi connectivity index (χ0v) is 19.7. The molecule has 3 aliphatic carbocycles. The van der Waals surface area contributed by atoms with Gasteiger partial charge in [-0.15, -0.1) is 0 Å². The smallest absolute Gasteiger partial charge is 0.126 e. The average Bonchev–Trinajstić information content (AvgIpc) is 3.05. The van der Waals surface area contributed by atoms with E-state index in [9.17, 15) is 10.2 Å². The SMILES string of the molecule is Cc1cc(O)cc2c1O[C@@]1(C2)C(C)CC[C@@H]2[C@@]3(C)CC[C@H](O)C(C)(C)[C@@H]3CC[C@]21C. The number of hydrogen-bond acceptors (Lipinski definition) is 3. The van der Waals surface area contributed by atoms with Crippen LogP contribution in [0.2, 0.25) is 0 Å². The number of hydrogen-bond donors (Lipinski definition) is 2. The van der Waals surface area contributed by atoms with Crippen LogP contribution in [0.4, 0.5) is 0 Å². The number of rotatable bonds is 0. The number of benzene rings is 1. The van der Waals surface area contributed by atoms with Crippen LogP contribution in [0.3, 0.4) is 0 Å². The molecule has 5 rings (SSSR count). The predicted octanol–water partition coefficient (Wildman–Crippen LogP) is 6.02. The van der Waals surface area contributed by atoms with Gasteiger partial charge in [-0.1, -0.05) is 34.6 Å². The summed E-state index contributed by atoms with van der Waals surface area (Å²) in [4.78, 5) is 0. The van der Waals surface area contributed by atoms with Crippen LogP contribution in [0.1, 0.15) is 84.3 Å². The lowest BCUT2D eigenvalue weighted by molar-refractivity contribution is -0.238. The molecule has 1 aromatic carbocycles. The van der Waals surface area contributed by atoms with Crippen molar-refractivity contribution >= 4 is 0 Å². The van der Waals surface area contributed by atoms with Crippen molar-refractivity contribution < 1.29 is 14.9 Å². The van der Waals surface area contributed by atoms with Gasteiger partial charge >= 0.3 is 0 Å². The number of aromatic hydroxyl groups is 1. The first-order valence-electron chi connectivity index (χ1n) is 12.2. The second-order valence-corrected chi connectivity index (χ2v) is 12.3. The van der Waals surface area contributed by atoms with Gasteiger partial charge < -0.3 is 14.9 Å². The van der Waals surface area contributed by atoms with Crippen LogP contribution < -0.4 is 4.74 Å². The van der Waals surface area contributed by atoms with Crippen molar-refractivity contribution in [2.24, 2.45) is 34.0 Å². The Balaban J connectivity index is 1.59. The van der Waals surface area contributed by atoms with Crippen LogP contribution in [0.25, 0.3) is 0 Å². The molecule has 3 nitrogen and oxygen atoms in total. The third kappa shape index (κ3) is 2.36. The molecular formula is C27H40O3. The van der Waals surface area contributed by atoms with Gasteiger partial charge in [-0.25, -0.2) is 0 Å². The van der Waals surface area contributed by atoms with E-state index in [2.05, 4.69) is 41.5 Å². The number of aliphatic hydroxyl groups is 1. The third-order valence-electron chi connectivity index (χ3n) is 10.8. The highest BCUT2D eigenvalue weighted by atomic mass is 16.5. The Kier molecular flexibility index (Phi) is 4.26. The van der Waals surface area contributed by atoms with Gasteiger partial charge in [0.2, 0.25) is 0 Å². The van der Waals surface area contributed by atoms with Gasteiger partial charge in [0.15, 0.2) is 0 Å². The molecule has 3 saturated carbocycles. The molecule has 0 saturated heterocycles. The zero-order chi connectivity index (χ0) is 21.7. The maximum absolute atomic E-state index is 10.8. The van der Waals surface area contributed by atoms with Crippen molar-refractivity contribution in [2.75, 3.05) is 0 Å². The van der Waals surface area contributed by atoms with E-state index in [-0.39, 0.29) is 27.9 Å². The maximum Gasteiger partial charge on any atom is 0.126 e. The lowest BCUT2D eigenvalue weighted by Gasteiger charge is -2.69. The van der Waals surface area contributed by atoms with Gasteiger partial charge in [0.1, 0.15) is 17.1 Å². The van der Waals surface area contributed by atoms with E-state index in [1.165, 1.54) is 24.8 Å². The highest BCUT2D eigenvalue weighted by molar-refractivity contribution is 5.51. The number of phenols is 1. The summed E-state index contributed by atoms with van der Waals surface area (Å²) in [5, 5.41) is 21.0. The monoisotopic (exact) mass is 412 g/mol. The van der Waals surface area contributed by atoms with Crippen LogP contribution in [0, 0.1) is 40.9 Å². The van der Waals surface area contributed by atoms with Gasteiger partial charge in [0.05, 0.1) is 6.10 Å². The Bertz CT molecular complexity index is 875. The molecule has 1 spiro atoms. The zero-order valence-electron chi connectivity index (χ0n) is 19.7. The van der Waals surface area contributed by atoms with E-state index < -0.39 is 0 Å². The third-order valence-corrected chi connectivity index (χ3v) is 10.8. The molecule has 2 N–H and O–H groups in total. The summed E-state index contributed by atoms with van der Waals surface area (Å²) in [6.07, 6.45) is 7.58. The van der Waals surface area contributed by atoms with Gasteiger partial charge in [-0.3, -0.25) is 0 Å². The van der Waals surface area contributed by atoms with E-state index in [0.29, 0.717) is 23.5 Å². The molecule has 0 bridgehead atoms. The largest absolute Gasteiger partial charge is 0.508 e. The molecule has 0 aromatic heterocycles.